The number of hydrogen-bond donors (Lipinski definition) is 1. The van der Waals surface area contributed by atoms with Crippen molar-refractivity contribution >= 4 is 16.8 Å². The van der Waals surface area contributed by atoms with Gasteiger partial charge in [0, 0.05) is 49.3 Å². The van der Waals surface area contributed by atoms with E-state index in [1.165, 1.54) is 16.5 Å². The maximum atomic E-state index is 12.5. The first-order chi connectivity index (χ1) is 12.8. The van der Waals surface area contributed by atoms with Crippen LogP contribution in [-0.2, 0) is 13.1 Å². The van der Waals surface area contributed by atoms with Crippen LogP contribution in [0.25, 0.3) is 10.9 Å². The number of likely N-dealkylation sites (tertiary alicyclic amines) is 1. The predicted molar refractivity (Wildman–Crippen MR) is 102 cm³/mol. The molecule has 0 aliphatic carbocycles. The number of benzene rings is 1. The molecule has 1 aromatic carbocycles. The summed E-state index contributed by atoms with van der Waals surface area (Å²) in [7, 11) is 0. The Morgan fingerprint density at radius 2 is 2.19 bits per heavy atom. The molecule has 1 saturated heterocycles. The van der Waals surface area contributed by atoms with Crippen molar-refractivity contribution in [1.29, 1.82) is 0 Å². The number of carbonyl (C=O) groups is 1. The third kappa shape index (κ3) is 3.27. The molecule has 0 bridgehead atoms. The summed E-state index contributed by atoms with van der Waals surface area (Å²) in [5.41, 5.74) is 2.59. The van der Waals surface area contributed by atoms with Crippen LogP contribution in [0.1, 0.15) is 35.9 Å². The molecule has 1 unspecified atom stereocenters. The Morgan fingerprint density at radius 3 is 3.00 bits per heavy atom. The maximum absolute atomic E-state index is 12.5. The Hall–Kier alpha value is -2.53. The van der Waals surface area contributed by atoms with E-state index in [1.807, 2.05) is 4.90 Å². The topological polar surface area (TPSA) is 50.4 Å². The molecule has 5 nitrogen and oxygen atoms in total. The van der Waals surface area contributed by atoms with Gasteiger partial charge in [-0.2, -0.15) is 0 Å². The lowest BCUT2D eigenvalue weighted by molar-refractivity contribution is 0.0662. The van der Waals surface area contributed by atoms with Crippen molar-refractivity contribution in [1.82, 2.24) is 14.8 Å². The summed E-state index contributed by atoms with van der Waals surface area (Å²) in [6.07, 6.45) is 5.81. The second kappa shape index (κ2) is 7.38. The van der Waals surface area contributed by atoms with Crippen LogP contribution in [0.15, 0.2) is 53.3 Å². The smallest absolute Gasteiger partial charge is 0.289 e. The molecule has 0 spiro atoms. The van der Waals surface area contributed by atoms with Gasteiger partial charge in [0.1, 0.15) is 0 Å². The molecule has 0 radical (unpaired) electrons. The summed E-state index contributed by atoms with van der Waals surface area (Å²) in [6, 6.07) is 12.5. The maximum Gasteiger partial charge on any atom is 0.289 e. The third-order valence-corrected chi connectivity index (χ3v) is 5.27. The lowest BCUT2D eigenvalue weighted by Crippen LogP contribution is -2.47. The van der Waals surface area contributed by atoms with Crippen LogP contribution >= 0.6 is 0 Å². The van der Waals surface area contributed by atoms with Gasteiger partial charge in [-0.25, -0.2) is 0 Å². The van der Waals surface area contributed by atoms with E-state index in [0.29, 0.717) is 11.8 Å². The van der Waals surface area contributed by atoms with Crippen molar-refractivity contribution in [2.24, 2.45) is 0 Å². The summed E-state index contributed by atoms with van der Waals surface area (Å²) < 4.78 is 7.53. The molecule has 1 N–H and O–H groups in total. The molecule has 3 heterocycles. The van der Waals surface area contributed by atoms with Crippen LogP contribution in [0.2, 0.25) is 0 Å². The number of amides is 1. The molecule has 26 heavy (non-hydrogen) atoms. The molecule has 1 aliphatic heterocycles. The van der Waals surface area contributed by atoms with Crippen molar-refractivity contribution in [2.75, 3.05) is 13.1 Å². The minimum atomic E-state index is -0.0105. The highest BCUT2D eigenvalue weighted by Crippen LogP contribution is 2.21. The van der Waals surface area contributed by atoms with Gasteiger partial charge in [0.15, 0.2) is 5.76 Å². The van der Waals surface area contributed by atoms with Crippen LogP contribution in [0, 0.1) is 0 Å². The molecular formula is C21H25N3O2. The zero-order valence-electron chi connectivity index (χ0n) is 15.1. The van der Waals surface area contributed by atoms with Crippen molar-refractivity contribution in [3.8, 4) is 0 Å². The van der Waals surface area contributed by atoms with E-state index in [0.717, 1.165) is 39.0 Å². The van der Waals surface area contributed by atoms with E-state index in [9.17, 15) is 4.79 Å². The molecule has 1 amide bonds. The third-order valence-electron chi connectivity index (χ3n) is 5.27. The van der Waals surface area contributed by atoms with E-state index in [-0.39, 0.29) is 5.91 Å². The van der Waals surface area contributed by atoms with Gasteiger partial charge >= 0.3 is 0 Å². The molecule has 1 aliphatic rings. The number of furan rings is 1. The first kappa shape index (κ1) is 16.9. The minimum Gasteiger partial charge on any atom is -0.459 e. The monoisotopic (exact) mass is 351 g/mol. The predicted octanol–water partition coefficient (Wildman–Crippen LogP) is 3.65. The van der Waals surface area contributed by atoms with Crippen LogP contribution in [-0.4, -0.2) is 34.5 Å². The summed E-state index contributed by atoms with van der Waals surface area (Å²) in [5.74, 6) is 0.417. The lowest BCUT2D eigenvalue weighted by atomic mass is 10.0. The molecule has 5 heteroatoms. The first-order valence-corrected chi connectivity index (χ1v) is 9.39. The van der Waals surface area contributed by atoms with Gasteiger partial charge in [0.25, 0.3) is 5.91 Å². The van der Waals surface area contributed by atoms with Crippen molar-refractivity contribution < 1.29 is 9.21 Å². The number of aryl methyl sites for hydroxylation is 1. The van der Waals surface area contributed by atoms with Gasteiger partial charge in [-0.1, -0.05) is 12.1 Å². The fraction of sp³-hybridized carbons (Fsp3) is 0.381. The Morgan fingerprint density at radius 1 is 1.27 bits per heavy atom. The number of carbonyl (C=O) groups excluding carboxylic acids is 1. The zero-order valence-corrected chi connectivity index (χ0v) is 15.1. The molecule has 1 fully saturated rings. The fourth-order valence-electron chi connectivity index (χ4n) is 3.86. The van der Waals surface area contributed by atoms with Gasteiger partial charge in [-0.05, 0) is 49.6 Å². The Labute approximate surface area is 153 Å². The summed E-state index contributed by atoms with van der Waals surface area (Å²) in [4.78, 5) is 14.4. The fourth-order valence-corrected chi connectivity index (χ4v) is 3.86. The average Bonchev–Trinajstić information content (AvgIpc) is 3.35. The minimum absolute atomic E-state index is 0.0105. The van der Waals surface area contributed by atoms with Crippen molar-refractivity contribution in [3.05, 3.63) is 60.2 Å². The van der Waals surface area contributed by atoms with Gasteiger partial charge in [-0.3, -0.25) is 4.79 Å². The molecule has 3 aromatic rings. The normalized spacial score (nSPS) is 17.7. The average molecular weight is 351 g/mol. The number of rotatable bonds is 5. The van der Waals surface area contributed by atoms with E-state index in [4.69, 9.17) is 4.42 Å². The van der Waals surface area contributed by atoms with Crippen LogP contribution < -0.4 is 5.32 Å². The molecule has 136 valence electrons. The Kier molecular flexibility index (Phi) is 4.80. The van der Waals surface area contributed by atoms with E-state index < -0.39 is 0 Å². The summed E-state index contributed by atoms with van der Waals surface area (Å²) in [6.45, 7) is 5.49. The van der Waals surface area contributed by atoms with Gasteiger partial charge in [0.2, 0.25) is 0 Å². The van der Waals surface area contributed by atoms with E-state index in [2.05, 4.69) is 47.3 Å². The number of nitrogens with zero attached hydrogens (tertiary/aromatic N) is 2. The van der Waals surface area contributed by atoms with Crippen LogP contribution in [0.4, 0.5) is 0 Å². The molecule has 4 rings (SSSR count). The Balaban J connectivity index is 1.42. The number of nitrogens with one attached hydrogen (secondary N) is 1. The lowest BCUT2D eigenvalue weighted by Gasteiger charge is -2.33. The number of aromatic nitrogens is 1. The summed E-state index contributed by atoms with van der Waals surface area (Å²) >= 11 is 0. The molecule has 0 saturated carbocycles. The zero-order chi connectivity index (χ0) is 17.9. The first-order valence-electron chi connectivity index (χ1n) is 9.39. The van der Waals surface area contributed by atoms with E-state index in [1.54, 1.807) is 18.4 Å². The largest absolute Gasteiger partial charge is 0.459 e. The van der Waals surface area contributed by atoms with Crippen molar-refractivity contribution in [3.63, 3.8) is 0 Å². The number of fused-ring (bicyclic) bond motifs is 1. The van der Waals surface area contributed by atoms with Gasteiger partial charge in [-0.15, -0.1) is 0 Å². The Bertz CT molecular complexity index is 882. The highest BCUT2D eigenvalue weighted by molar-refractivity contribution is 5.91. The highest BCUT2D eigenvalue weighted by Gasteiger charge is 2.25. The highest BCUT2D eigenvalue weighted by atomic mass is 16.3. The van der Waals surface area contributed by atoms with Gasteiger partial charge in [0.05, 0.1) is 6.26 Å². The number of piperidine rings is 1. The van der Waals surface area contributed by atoms with Gasteiger partial charge < -0.3 is 19.2 Å². The molecular weight excluding hydrogens is 326 g/mol. The van der Waals surface area contributed by atoms with E-state index >= 15 is 0 Å². The van der Waals surface area contributed by atoms with Crippen LogP contribution in [0.5, 0.6) is 0 Å². The molecule has 1 atom stereocenters. The second-order valence-corrected chi connectivity index (χ2v) is 6.90. The molecule has 2 aromatic heterocycles. The number of hydrogen-bond acceptors (Lipinski definition) is 3. The quantitative estimate of drug-likeness (QED) is 0.763. The summed E-state index contributed by atoms with van der Waals surface area (Å²) in [5, 5.41) is 4.96. The standard InChI is InChI=1S/C21H25N3O2/c1-2-23-12-10-18-16(6-3-8-19(18)23)14-22-17-7-4-11-24(15-17)21(25)20-9-5-13-26-20/h3,5-6,8-10,12-13,17,22H,2,4,7,11,14-15H2,1H3. The SMILES string of the molecule is CCn1ccc2c(CNC3CCCN(C(=O)c4ccco4)C3)cccc21. The van der Waals surface area contributed by atoms with Crippen molar-refractivity contribution in [2.45, 2.75) is 38.9 Å². The second-order valence-electron chi connectivity index (χ2n) is 6.90. The van der Waals surface area contributed by atoms with Crippen LogP contribution in [0.3, 0.4) is 0 Å².